The monoisotopic (exact) mass is 604 g/mol. The van der Waals surface area contributed by atoms with Gasteiger partial charge in [-0.2, -0.15) is 30.6 Å². The van der Waals surface area contributed by atoms with Gasteiger partial charge in [0.05, 0.1) is 10.5 Å². The number of halogens is 7. The van der Waals surface area contributed by atoms with E-state index >= 15 is 0 Å². The van der Waals surface area contributed by atoms with Gasteiger partial charge < -0.3 is 5.32 Å². The Labute approximate surface area is 230 Å². The zero-order valence-corrected chi connectivity index (χ0v) is 22.3. The van der Waals surface area contributed by atoms with Crippen LogP contribution in [0.2, 0.25) is 0 Å². The number of amides is 1. The Balaban J connectivity index is 1.61. The molecular formula is C26H23F7N4O3S. The van der Waals surface area contributed by atoms with E-state index < -0.39 is 69.7 Å². The Hall–Kier alpha value is -3.59. The number of carbonyl (C=O) groups excluding carboxylic acids is 1. The smallest absolute Gasteiger partial charge is 0.351 e. The van der Waals surface area contributed by atoms with E-state index in [-0.39, 0.29) is 28.4 Å². The van der Waals surface area contributed by atoms with Crippen LogP contribution in [0.15, 0.2) is 59.8 Å². The fraction of sp³-hybridized carbons (Fsp3) is 0.346. The standard InChI is InChI=1S/C26H23F7N4O3S/c1-14-9-22(37(15(14)2)41(39,40)20-6-4-19(27)5-7-20)23(38)34-11-17-10-16(3-8-21(17)25(28,29)30)18-12-35-24(36-13-18)26(31,32)33/h3-8,10,12-15,22H,9,11H2,1-2H3,(H,34,38)/t14-,15+,22+/m1/s1. The molecular weight excluding hydrogens is 581 g/mol. The van der Waals surface area contributed by atoms with E-state index in [1.165, 1.54) is 0 Å². The summed E-state index contributed by atoms with van der Waals surface area (Å²) < 4.78 is 121. The van der Waals surface area contributed by atoms with Crippen LogP contribution in [-0.4, -0.2) is 40.7 Å². The second-order valence-electron chi connectivity index (χ2n) is 9.64. The number of rotatable bonds is 6. The number of alkyl halides is 6. The summed E-state index contributed by atoms with van der Waals surface area (Å²) >= 11 is 0. The molecule has 3 aromatic rings. The molecule has 2 heterocycles. The van der Waals surface area contributed by atoms with Crippen molar-refractivity contribution in [1.29, 1.82) is 0 Å². The molecule has 4 rings (SSSR count). The molecule has 220 valence electrons. The third-order valence-electron chi connectivity index (χ3n) is 6.92. The lowest BCUT2D eigenvalue weighted by Gasteiger charge is -2.27. The van der Waals surface area contributed by atoms with Gasteiger partial charge in [0, 0.05) is 30.5 Å². The molecule has 0 bridgehead atoms. The average molecular weight is 605 g/mol. The minimum atomic E-state index is -4.83. The van der Waals surface area contributed by atoms with Crippen LogP contribution < -0.4 is 5.32 Å². The van der Waals surface area contributed by atoms with Crippen molar-refractivity contribution in [2.75, 3.05) is 0 Å². The molecule has 1 aromatic heterocycles. The molecule has 1 aliphatic rings. The number of aromatic nitrogens is 2. The van der Waals surface area contributed by atoms with Crippen molar-refractivity contribution in [3.05, 3.63) is 77.6 Å². The van der Waals surface area contributed by atoms with Crippen LogP contribution in [0.5, 0.6) is 0 Å². The number of hydrogen-bond donors (Lipinski definition) is 1. The Morgan fingerprint density at radius 3 is 2.12 bits per heavy atom. The van der Waals surface area contributed by atoms with Crippen LogP contribution >= 0.6 is 0 Å². The molecule has 1 fully saturated rings. The average Bonchev–Trinajstić information content (AvgIpc) is 3.21. The fourth-order valence-electron chi connectivity index (χ4n) is 4.64. The van der Waals surface area contributed by atoms with Crippen molar-refractivity contribution in [2.45, 2.75) is 56.1 Å². The maximum absolute atomic E-state index is 13.8. The van der Waals surface area contributed by atoms with Crippen LogP contribution in [0.3, 0.4) is 0 Å². The van der Waals surface area contributed by atoms with Gasteiger partial charge in [0.2, 0.25) is 21.8 Å². The van der Waals surface area contributed by atoms with E-state index in [9.17, 15) is 43.9 Å². The molecule has 41 heavy (non-hydrogen) atoms. The van der Waals surface area contributed by atoms with Crippen LogP contribution in [-0.2, 0) is 33.7 Å². The highest BCUT2D eigenvalue weighted by molar-refractivity contribution is 7.89. The van der Waals surface area contributed by atoms with Gasteiger partial charge in [-0.15, -0.1) is 0 Å². The Bertz CT molecular complexity index is 1530. The van der Waals surface area contributed by atoms with Crippen molar-refractivity contribution < 1.29 is 43.9 Å². The summed E-state index contributed by atoms with van der Waals surface area (Å²) in [4.78, 5) is 19.4. The van der Waals surface area contributed by atoms with E-state index in [4.69, 9.17) is 0 Å². The number of sulfonamides is 1. The fourth-order valence-corrected chi connectivity index (χ4v) is 6.53. The maximum Gasteiger partial charge on any atom is 0.451 e. The Morgan fingerprint density at radius 1 is 0.951 bits per heavy atom. The molecule has 0 spiro atoms. The molecule has 0 unspecified atom stereocenters. The zero-order valence-electron chi connectivity index (χ0n) is 21.5. The van der Waals surface area contributed by atoms with E-state index in [0.29, 0.717) is 0 Å². The number of hydrogen-bond acceptors (Lipinski definition) is 5. The third kappa shape index (κ3) is 6.35. The maximum atomic E-state index is 13.8. The second kappa shape index (κ2) is 11.0. The quantitative estimate of drug-likeness (QED) is 0.380. The van der Waals surface area contributed by atoms with Crippen molar-refractivity contribution >= 4 is 15.9 Å². The molecule has 1 amide bonds. The zero-order chi connectivity index (χ0) is 30.3. The van der Waals surface area contributed by atoms with Gasteiger partial charge >= 0.3 is 12.4 Å². The molecule has 15 heteroatoms. The normalized spacial score (nSPS) is 20.3. The van der Waals surface area contributed by atoms with Gasteiger partial charge in [-0.05, 0) is 66.8 Å². The van der Waals surface area contributed by atoms with Crippen LogP contribution in [0.25, 0.3) is 11.1 Å². The number of carbonyl (C=O) groups is 1. The summed E-state index contributed by atoms with van der Waals surface area (Å²) in [6.45, 7) is 2.66. The summed E-state index contributed by atoms with van der Waals surface area (Å²) in [5.74, 6) is -3.20. The minimum Gasteiger partial charge on any atom is -0.351 e. The molecule has 1 saturated heterocycles. The van der Waals surface area contributed by atoms with Gasteiger partial charge in [-0.25, -0.2) is 22.8 Å². The van der Waals surface area contributed by atoms with Gasteiger partial charge in [0.1, 0.15) is 11.9 Å². The topological polar surface area (TPSA) is 92.3 Å². The number of nitrogens with zero attached hydrogens (tertiary/aromatic N) is 3. The first-order chi connectivity index (χ1) is 19.0. The highest BCUT2D eigenvalue weighted by atomic mass is 32.2. The molecule has 2 aromatic carbocycles. The Kier molecular flexibility index (Phi) is 8.15. The first-order valence-electron chi connectivity index (χ1n) is 12.2. The van der Waals surface area contributed by atoms with Crippen molar-refractivity contribution in [2.24, 2.45) is 5.92 Å². The summed E-state index contributed by atoms with van der Waals surface area (Å²) in [7, 11) is -4.27. The highest BCUT2D eigenvalue weighted by Crippen LogP contribution is 2.37. The van der Waals surface area contributed by atoms with Crippen molar-refractivity contribution in [1.82, 2.24) is 19.6 Å². The molecule has 7 nitrogen and oxygen atoms in total. The van der Waals surface area contributed by atoms with E-state index in [1.54, 1.807) is 13.8 Å². The van der Waals surface area contributed by atoms with Crippen LogP contribution in [0, 0.1) is 11.7 Å². The summed E-state index contributed by atoms with van der Waals surface area (Å²) in [5, 5.41) is 2.38. The van der Waals surface area contributed by atoms with Gasteiger partial charge in [-0.3, -0.25) is 4.79 Å². The number of benzene rings is 2. The summed E-state index contributed by atoms with van der Waals surface area (Å²) in [6, 6.07) is 4.94. The highest BCUT2D eigenvalue weighted by Gasteiger charge is 2.47. The lowest BCUT2D eigenvalue weighted by Crippen LogP contribution is -2.48. The van der Waals surface area contributed by atoms with E-state index in [1.807, 2.05) is 0 Å². The first-order valence-corrected chi connectivity index (χ1v) is 13.6. The lowest BCUT2D eigenvalue weighted by molar-refractivity contribution is -0.145. The van der Waals surface area contributed by atoms with Crippen LogP contribution in [0.1, 0.15) is 37.2 Å². The Morgan fingerprint density at radius 2 is 1.56 bits per heavy atom. The summed E-state index contributed by atoms with van der Waals surface area (Å²) in [6.07, 6.45) is -7.91. The number of nitrogens with one attached hydrogen (secondary N) is 1. The predicted octanol–water partition coefficient (Wildman–Crippen LogP) is 5.42. The molecule has 3 atom stereocenters. The van der Waals surface area contributed by atoms with Gasteiger partial charge in [-0.1, -0.05) is 13.0 Å². The van der Waals surface area contributed by atoms with Crippen LogP contribution in [0.4, 0.5) is 30.7 Å². The second-order valence-corrected chi connectivity index (χ2v) is 11.5. The summed E-state index contributed by atoms with van der Waals surface area (Å²) in [5.41, 5.74) is -1.43. The van der Waals surface area contributed by atoms with Crippen molar-refractivity contribution in [3.63, 3.8) is 0 Å². The third-order valence-corrected chi connectivity index (χ3v) is 8.93. The molecule has 1 aliphatic heterocycles. The van der Waals surface area contributed by atoms with E-state index in [2.05, 4.69) is 15.3 Å². The lowest BCUT2D eigenvalue weighted by atomic mass is 9.99. The first kappa shape index (κ1) is 30.4. The molecule has 1 N–H and O–H groups in total. The molecule has 0 radical (unpaired) electrons. The SMILES string of the molecule is C[C@@H]1C[C@@H](C(=O)NCc2cc(-c3cnc(C(F)(F)F)nc3)ccc2C(F)(F)F)N(S(=O)(=O)c2ccc(F)cc2)[C@H]1C. The minimum absolute atomic E-state index is 0.00862. The van der Waals surface area contributed by atoms with Crippen molar-refractivity contribution in [3.8, 4) is 11.1 Å². The van der Waals surface area contributed by atoms with Gasteiger partial charge in [0.25, 0.3) is 0 Å². The molecule has 0 saturated carbocycles. The molecule has 0 aliphatic carbocycles. The largest absolute Gasteiger partial charge is 0.451 e. The predicted molar refractivity (Wildman–Crippen MR) is 132 cm³/mol. The van der Waals surface area contributed by atoms with Gasteiger partial charge in [0.15, 0.2) is 0 Å². The van der Waals surface area contributed by atoms with E-state index in [0.717, 1.165) is 59.2 Å².